The summed E-state index contributed by atoms with van der Waals surface area (Å²) in [4.78, 5) is 42.9. The third-order valence-electron chi connectivity index (χ3n) is 2.64. The highest BCUT2D eigenvalue weighted by Crippen LogP contribution is 2.08. The predicted octanol–water partition coefficient (Wildman–Crippen LogP) is -0.562. The molecule has 0 aromatic carbocycles. The third-order valence-corrected chi connectivity index (χ3v) is 2.64. The van der Waals surface area contributed by atoms with E-state index in [1.807, 2.05) is 11.9 Å². The number of hydrogen-bond acceptors (Lipinski definition) is 7. The van der Waals surface area contributed by atoms with E-state index in [1.165, 1.54) is 0 Å². The molecule has 0 aliphatic heterocycles. The molecule has 0 fully saturated rings. The first kappa shape index (κ1) is 12.8. The van der Waals surface area contributed by atoms with Gasteiger partial charge in [-0.25, -0.2) is 19.1 Å². The van der Waals surface area contributed by atoms with Gasteiger partial charge in [-0.15, -0.1) is 5.10 Å². The monoisotopic (exact) mass is 291 g/mol. The molecule has 0 aliphatic rings. The Kier molecular flexibility index (Phi) is 2.86. The SMILES string of the molecule is CCc1nnc(NC(=O)n2cnc3c(=O)[nH]c(=O)[nH]c32)o1. The van der Waals surface area contributed by atoms with Crippen molar-refractivity contribution in [1.29, 1.82) is 0 Å². The molecule has 3 aromatic rings. The Morgan fingerprint density at radius 3 is 2.90 bits per heavy atom. The summed E-state index contributed by atoms with van der Waals surface area (Å²) in [7, 11) is 0. The lowest BCUT2D eigenvalue weighted by Gasteiger charge is -2.01. The van der Waals surface area contributed by atoms with Crippen LogP contribution in [0, 0.1) is 0 Å². The molecule has 0 bridgehead atoms. The Morgan fingerprint density at radius 1 is 1.38 bits per heavy atom. The number of imidazole rings is 1. The Morgan fingerprint density at radius 2 is 2.19 bits per heavy atom. The van der Waals surface area contributed by atoms with Gasteiger partial charge in [-0.1, -0.05) is 12.0 Å². The fourth-order valence-corrected chi connectivity index (χ4v) is 1.69. The van der Waals surface area contributed by atoms with E-state index in [0.717, 1.165) is 10.9 Å². The average molecular weight is 291 g/mol. The van der Waals surface area contributed by atoms with Crippen LogP contribution in [-0.2, 0) is 6.42 Å². The van der Waals surface area contributed by atoms with Crippen LogP contribution in [0.1, 0.15) is 12.8 Å². The quantitative estimate of drug-likeness (QED) is 0.572. The van der Waals surface area contributed by atoms with Gasteiger partial charge in [0.15, 0.2) is 11.2 Å². The van der Waals surface area contributed by atoms with Crippen LogP contribution >= 0.6 is 0 Å². The first-order valence-corrected chi connectivity index (χ1v) is 5.92. The summed E-state index contributed by atoms with van der Waals surface area (Å²) in [5.74, 6) is 0.366. The first-order chi connectivity index (χ1) is 10.1. The number of H-pyrrole nitrogens is 2. The van der Waals surface area contributed by atoms with Gasteiger partial charge in [0, 0.05) is 6.42 Å². The lowest BCUT2D eigenvalue weighted by atomic mass is 10.5. The van der Waals surface area contributed by atoms with Crippen molar-refractivity contribution in [1.82, 2.24) is 29.7 Å². The fourth-order valence-electron chi connectivity index (χ4n) is 1.69. The maximum atomic E-state index is 12.1. The highest BCUT2D eigenvalue weighted by Gasteiger charge is 2.15. The highest BCUT2D eigenvalue weighted by atomic mass is 16.4. The lowest BCUT2D eigenvalue weighted by Crippen LogP contribution is -2.25. The van der Waals surface area contributed by atoms with E-state index in [0.29, 0.717) is 12.3 Å². The molecule has 0 saturated heterocycles. The molecule has 3 aromatic heterocycles. The number of carbonyl (C=O) groups is 1. The number of fused-ring (bicyclic) bond motifs is 1. The van der Waals surface area contributed by atoms with Gasteiger partial charge in [0.05, 0.1) is 0 Å². The zero-order valence-corrected chi connectivity index (χ0v) is 10.7. The molecule has 0 radical (unpaired) electrons. The van der Waals surface area contributed by atoms with Gasteiger partial charge in [-0.05, 0) is 0 Å². The molecular formula is C10H9N7O4. The van der Waals surface area contributed by atoms with Crippen molar-refractivity contribution in [3.8, 4) is 0 Å². The predicted molar refractivity (Wildman–Crippen MR) is 69.1 cm³/mol. The van der Waals surface area contributed by atoms with E-state index in [9.17, 15) is 14.4 Å². The van der Waals surface area contributed by atoms with E-state index in [2.05, 4.69) is 25.5 Å². The van der Waals surface area contributed by atoms with Crippen molar-refractivity contribution in [3.05, 3.63) is 33.1 Å². The molecule has 0 atom stereocenters. The summed E-state index contributed by atoms with van der Waals surface area (Å²) < 4.78 is 6.09. The van der Waals surface area contributed by atoms with Crippen molar-refractivity contribution in [2.45, 2.75) is 13.3 Å². The Labute approximate surface area is 115 Å². The van der Waals surface area contributed by atoms with Gasteiger partial charge in [-0.2, -0.15) is 0 Å². The molecule has 108 valence electrons. The Bertz CT molecular complexity index is 931. The number of amides is 1. The van der Waals surface area contributed by atoms with Gasteiger partial charge in [0.1, 0.15) is 6.33 Å². The standard InChI is InChI=1S/C10H9N7O4/c1-2-4-15-16-9(21-4)14-10(20)17-3-11-5-6(17)12-8(19)13-7(5)18/h3H,2H2,1H3,(H,14,16,20)(H2,12,13,18,19). The summed E-state index contributed by atoms with van der Waals surface area (Å²) in [5.41, 5.74) is -1.53. The molecule has 0 saturated carbocycles. The first-order valence-electron chi connectivity index (χ1n) is 5.92. The molecule has 11 nitrogen and oxygen atoms in total. The van der Waals surface area contributed by atoms with Crippen LogP contribution in [0.5, 0.6) is 0 Å². The number of aryl methyl sites for hydroxylation is 1. The molecule has 21 heavy (non-hydrogen) atoms. The molecule has 0 unspecified atom stereocenters. The average Bonchev–Trinajstić information content (AvgIpc) is 3.04. The van der Waals surface area contributed by atoms with Crippen molar-refractivity contribution in [2.75, 3.05) is 5.32 Å². The van der Waals surface area contributed by atoms with Crippen molar-refractivity contribution in [3.63, 3.8) is 0 Å². The van der Waals surface area contributed by atoms with Crippen LogP contribution < -0.4 is 16.6 Å². The van der Waals surface area contributed by atoms with Crippen molar-refractivity contribution >= 4 is 23.2 Å². The second kappa shape index (κ2) is 4.70. The summed E-state index contributed by atoms with van der Waals surface area (Å²) in [5, 5.41) is 9.66. The van der Waals surface area contributed by atoms with Gasteiger partial charge >= 0.3 is 17.7 Å². The zero-order chi connectivity index (χ0) is 15.0. The number of nitrogens with one attached hydrogen (secondary N) is 3. The van der Waals surface area contributed by atoms with E-state index in [1.54, 1.807) is 0 Å². The number of aromatic nitrogens is 6. The minimum atomic E-state index is -0.742. The van der Waals surface area contributed by atoms with Crippen molar-refractivity contribution < 1.29 is 9.21 Å². The highest BCUT2D eigenvalue weighted by molar-refractivity contribution is 5.94. The summed E-state index contributed by atoms with van der Waals surface area (Å²) in [6.45, 7) is 1.82. The second-order valence-electron chi connectivity index (χ2n) is 4.00. The fraction of sp³-hybridized carbons (Fsp3) is 0.200. The Hall–Kier alpha value is -3.24. The van der Waals surface area contributed by atoms with E-state index in [4.69, 9.17) is 4.42 Å². The third kappa shape index (κ3) is 2.20. The van der Waals surface area contributed by atoms with Crippen molar-refractivity contribution in [2.24, 2.45) is 0 Å². The lowest BCUT2D eigenvalue weighted by molar-refractivity contribution is 0.253. The molecule has 3 N–H and O–H groups in total. The topological polar surface area (TPSA) is 152 Å². The molecular weight excluding hydrogens is 282 g/mol. The summed E-state index contributed by atoms with van der Waals surface area (Å²) in [6, 6.07) is -0.795. The molecule has 0 aliphatic carbocycles. The number of aromatic amines is 2. The van der Waals surface area contributed by atoms with E-state index >= 15 is 0 Å². The van der Waals surface area contributed by atoms with Crippen LogP contribution in [0.4, 0.5) is 10.8 Å². The zero-order valence-electron chi connectivity index (χ0n) is 10.7. The van der Waals surface area contributed by atoms with Gasteiger partial charge in [0.2, 0.25) is 5.89 Å². The van der Waals surface area contributed by atoms with E-state index in [-0.39, 0.29) is 17.2 Å². The van der Waals surface area contributed by atoms with Crippen LogP contribution in [0.25, 0.3) is 11.2 Å². The number of nitrogens with zero attached hydrogens (tertiary/aromatic N) is 4. The second-order valence-corrected chi connectivity index (χ2v) is 4.00. The van der Waals surface area contributed by atoms with E-state index < -0.39 is 17.3 Å². The minimum absolute atomic E-state index is 0.0310. The maximum absolute atomic E-state index is 12.1. The minimum Gasteiger partial charge on any atom is -0.408 e. The van der Waals surface area contributed by atoms with Gasteiger partial charge < -0.3 is 4.42 Å². The van der Waals surface area contributed by atoms with Gasteiger partial charge in [-0.3, -0.25) is 20.1 Å². The van der Waals surface area contributed by atoms with Crippen LogP contribution in [-0.4, -0.2) is 35.7 Å². The summed E-state index contributed by atoms with van der Waals surface area (Å²) >= 11 is 0. The number of carbonyl (C=O) groups excluding carboxylic acids is 1. The van der Waals surface area contributed by atoms with Crippen LogP contribution in [0.2, 0.25) is 0 Å². The van der Waals surface area contributed by atoms with Gasteiger partial charge in [0.25, 0.3) is 5.56 Å². The molecule has 11 heteroatoms. The van der Waals surface area contributed by atoms with Crippen LogP contribution in [0.3, 0.4) is 0 Å². The molecule has 1 amide bonds. The molecule has 3 rings (SSSR count). The largest absolute Gasteiger partial charge is 0.408 e. The Balaban J connectivity index is 1.98. The smallest absolute Gasteiger partial charge is 0.336 e. The molecule has 3 heterocycles. The van der Waals surface area contributed by atoms with Crippen LogP contribution in [0.15, 0.2) is 20.3 Å². The maximum Gasteiger partial charge on any atom is 0.336 e. The number of rotatable bonds is 2. The number of anilines is 1. The normalized spacial score (nSPS) is 10.9. The number of hydrogen-bond donors (Lipinski definition) is 3. The summed E-state index contributed by atoms with van der Waals surface area (Å²) in [6.07, 6.45) is 1.63. The molecule has 0 spiro atoms.